The number of amidine groups is 1. The number of hydrogen-bond donors (Lipinski definition) is 2. The van der Waals surface area contributed by atoms with E-state index >= 15 is 0 Å². The summed E-state index contributed by atoms with van der Waals surface area (Å²) >= 11 is 0. The average molecular weight is 218 g/mol. The van der Waals surface area contributed by atoms with Crippen LogP contribution in [0.2, 0.25) is 0 Å². The molecule has 2 heterocycles. The van der Waals surface area contributed by atoms with Crippen molar-refractivity contribution in [2.75, 3.05) is 0 Å². The van der Waals surface area contributed by atoms with Crippen LogP contribution in [-0.2, 0) is 6.54 Å². The van der Waals surface area contributed by atoms with E-state index in [0.717, 1.165) is 5.56 Å². The van der Waals surface area contributed by atoms with Crippen LogP contribution in [0.15, 0.2) is 36.0 Å². The molecule has 7 nitrogen and oxygen atoms in total. The maximum Gasteiger partial charge on any atom is 0.219 e. The molecule has 0 aliphatic heterocycles. The van der Waals surface area contributed by atoms with E-state index in [9.17, 15) is 0 Å². The lowest BCUT2D eigenvalue weighted by molar-refractivity contribution is 0.318. The first-order chi connectivity index (χ1) is 7.79. The molecule has 3 N–H and O–H groups in total. The zero-order valence-electron chi connectivity index (χ0n) is 8.35. The number of pyridine rings is 1. The zero-order valence-corrected chi connectivity index (χ0v) is 8.35. The average Bonchev–Trinajstić information content (AvgIpc) is 2.78. The highest BCUT2D eigenvalue weighted by Gasteiger charge is 2.05. The largest absolute Gasteiger partial charge is 0.409 e. The Kier molecular flexibility index (Phi) is 2.77. The van der Waals surface area contributed by atoms with Gasteiger partial charge in [0.1, 0.15) is 6.33 Å². The number of nitrogens with two attached hydrogens (primary N) is 1. The van der Waals surface area contributed by atoms with Crippen molar-refractivity contribution < 1.29 is 5.21 Å². The summed E-state index contributed by atoms with van der Waals surface area (Å²) < 4.78 is 1.59. The summed E-state index contributed by atoms with van der Waals surface area (Å²) in [6, 6.07) is 3.77. The fraction of sp³-hybridized carbons (Fsp3) is 0.111. The first-order valence-corrected chi connectivity index (χ1v) is 4.56. The second-order valence-corrected chi connectivity index (χ2v) is 3.11. The van der Waals surface area contributed by atoms with Gasteiger partial charge < -0.3 is 10.9 Å². The third-order valence-electron chi connectivity index (χ3n) is 1.94. The van der Waals surface area contributed by atoms with E-state index < -0.39 is 0 Å². The third-order valence-corrected chi connectivity index (χ3v) is 1.94. The van der Waals surface area contributed by atoms with Crippen molar-refractivity contribution in [1.82, 2.24) is 19.7 Å². The van der Waals surface area contributed by atoms with Crippen molar-refractivity contribution in [3.63, 3.8) is 0 Å². The van der Waals surface area contributed by atoms with Gasteiger partial charge in [-0.1, -0.05) is 11.2 Å². The van der Waals surface area contributed by atoms with Crippen molar-refractivity contribution in [3.8, 4) is 0 Å². The fourth-order valence-electron chi connectivity index (χ4n) is 1.21. The molecule has 0 aliphatic carbocycles. The summed E-state index contributed by atoms with van der Waals surface area (Å²) in [6.07, 6.45) is 4.96. The quantitative estimate of drug-likeness (QED) is 0.322. The summed E-state index contributed by atoms with van der Waals surface area (Å²) in [5.74, 6) is 0.0938. The first-order valence-electron chi connectivity index (χ1n) is 4.56. The van der Waals surface area contributed by atoms with Crippen LogP contribution >= 0.6 is 0 Å². The van der Waals surface area contributed by atoms with Gasteiger partial charge in [0, 0.05) is 12.4 Å². The molecule has 7 heteroatoms. The maximum absolute atomic E-state index is 8.45. The molecule has 0 unspecified atom stereocenters. The van der Waals surface area contributed by atoms with Crippen LogP contribution in [0.5, 0.6) is 0 Å². The van der Waals surface area contributed by atoms with Gasteiger partial charge in [-0.05, 0) is 11.6 Å². The van der Waals surface area contributed by atoms with E-state index in [1.165, 1.54) is 6.33 Å². The molecule has 0 radical (unpaired) electrons. The minimum atomic E-state index is -0.107. The highest BCUT2D eigenvalue weighted by atomic mass is 16.4. The van der Waals surface area contributed by atoms with E-state index in [-0.39, 0.29) is 11.7 Å². The normalized spacial score (nSPS) is 11.6. The van der Waals surface area contributed by atoms with Crippen LogP contribution in [0.4, 0.5) is 0 Å². The molecule has 0 spiro atoms. The van der Waals surface area contributed by atoms with Crippen LogP contribution in [0, 0.1) is 0 Å². The van der Waals surface area contributed by atoms with Gasteiger partial charge in [0.15, 0.2) is 0 Å². The van der Waals surface area contributed by atoms with Gasteiger partial charge in [-0.25, -0.2) is 9.67 Å². The number of rotatable bonds is 3. The lowest BCUT2D eigenvalue weighted by Gasteiger charge is -1.98. The summed E-state index contributed by atoms with van der Waals surface area (Å²) in [5.41, 5.74) is 6.35. The van der Waals surface area contributed by atoms with E-state index in [1.807, 2.05) is 12.1 Å². The van der Waals surface area contributed by atoms with Gasteiger partial charge in [0.2, 0.25) is 11.7 Å². The van der Waals surface area contributed by atoms with Crippen LogP contribution in [0.3, 0.4) is 0 Å². The highest BCUT2D eigenvalue weighted by Crippen LogP contribution is 1.99. The molecular formula is C9H10N6O. The molecule has 0 aromatic carbocycles. The van der Waals surface area contributed by atoms with E-state index in [0.29, 0.717) is 6.54 Å². The molecule has 82 valence electrons. The molecule has 2 aromatic rings. The first kappa shape index (κ1) is 10.1. The lowest BCUT2D eigenvalue weighted by Crippen LogP contribution is -2.15. The molecule has 0 saturated heterocycles. The maximum atomic E-state index is 8.45. The smallest absolute Gasteiger partial charge is 0.219 e. The minimum absolute atomic E-state index is 0.107. The molecule has 16 heavy (non-hydrogen) atoms. The summed E-state index contributed by atoms with van der Waals surface area (Å²) in [7, 11) is 0. The zero-order chi connectivity index (χ0) is 11.4. The Hall–Kier alpha value is -2.44. The molecule has 0 fully saturated rings. The van der Waals surface area contributed by atoms with E-state index in [1.54, 1.807) is 17.1 Å². The topological polar surface area (TPSA) is 102 Å². The van der Waals surface area contributed by atoms with Gasteiger partial charge in [-0.15, -0.1) is 5.10 Å². The van der Waals surface area contributed by atoms with Crippen LogP contribution < -0.4 is 5.73 Å². The molecular weight excluding hydrogens is 208 g/mol. The Balaban J connectivity index is 2.15. The number of oxime groups is 1. The van der Waals surface area contributed by atoms with Gasteiger partial charge >= 0.3 is 0 Å². The van der Waals surface area contributed by atoms with Gasteiger partial charge in [0.05, 0.1) is 6.54 Å². The number of nitrogens with zero attached hydrogens (tertiary/aromatic N) is 5. The van der Waals surface area contributed by atoms with Crippen LogP contribution in [-0.4, -0.2) is 30.8 Å². The van der Waals surface area contributed by atoms with Crippen LogP contribution in [0.25, 0.3) is 0 Å². The molecule has 2 aromatic heterocycles. The lowest BCUT2D eigenvalue weighted by atomic mass is 10.3. The molecule has 0 aliphatic rings. The predicted octanol–water partition coefficient (Wildman–Crippen LogP) is -0.184. The molecule has 2 rings (SSSR count). The van der Waals surface area contributed by atoms with Crippen LogP contribution in [0.1, 0.15) is 11.4 Å². The van der Waals surface area contributed by atoms with Gasteiger partial charge in [0.25, 0.3) is 0 Å². The highest BCUT2D eigenvalue weighted by molar-refractivity contribution is 5.93. The van der Waals surface area contributed by atoms with Crippen molar-refractivity contribution in [2.24, 2.45) is 10.9 Å². The Morgan fingerprint density at radius 1 is 1.56 bits per heavy atom. The number of hydrogen-bond acceptors (Lipinski definition) is 5. The predicted molar refractivity (Wildman–Crippen MR) is 55.9 cm³/mol. The molecule has 0 amide bonds. The van der Waals surface area contributed by atoms with Crippen molar-refractivity contribution in [3.05, 3.63) is 42.2 Å². The van der Waals surface area contributed by atoms with Gasteiger partial charge in [-0.2, -0.15) is 0 Å². The summed E-state index contributed by atoms with van der Waals surface area (Å²) in [5, 5.41) is 15.3. The van der Waals surface area contributed by atoms with E-state index in [2.05, 4.69) is 20.2 Å². The van der Waals surface area contributed by atoms with E-state index in [4.69, 9.17) is 10.9 Å². The van der Waals surface area contributed by atoms with Crippen molar-refractivity contribution in [1.29, 1.82) is 0 Å². The fourth-order valence-corrected chi connectivity index (χ4v) is 1.21. The Bertz CT molecular complexity index is 492. The molecule has 0 atom stereocenters. The SMILES string of the molecule is NC(=NO)c1ncn(Cc2cccnc2)n1. The number of aromatic nitrogens is 4. The summed E-state index contributed by atoms with van der Waals surface area (Å²) in [4.78, 5) is 7.89. The standard InChI is InChI=1S/C9H10N6O/c10-8(14-16)9-12-6-15(13-9)5-7-2-1-3-11-4-7/h1-4,6,16H,5H2,(H2,10,14). The monoisotopic (exact) mass is 218 g/mol. The van der Waals surface area contributed by atoms with Crippen molar-refractivity contribution in [2.45, 2.75) is 6.54 Å². The Labute approximate surface area is 91.2 Å². The molecule has 0 saturated carbocycles. The summed E-state index contributed by atoms with van der Waals surface area (Å²) in [6.45, 7) is 0.541. The molecule has 0 bridgehead atoms. The second-order valence-electron chi connectivity index (χ2n) is 3.11. The van der Waals surface area contributed by atoms with Gasteiger partial charge in [-0.3, -0.25) is 4.98 Å². The Morgan fingerprint density at radius 3 is 3.12 bits per heavy atom. The Morgan fingerprint density at radius 2 is 2.44 bits per heavy atom. The second kappa shape index (κ2) is 4.39. The van der Waals surface area contributed by atoms with Crippen molar-refractivity contribution >= 4 is 5.84 Å². The minimum Gasteiger partial charge on any atom is -0.409 e. The third kappa shape index (κ3) is 2.14.